The van der Waals surface area contributed by atoms with Crippen LogP contribution in [0.4, 0.5) is 5.95 Å². The van der Waals surface area contributed by atoms with E-state index in [1.165, 1.54) is 0 Å². The van der Waals surface area contributed by atoms with Crippen LogP contribution in [-0.4, -0.2) is 61.8 Å². The Morgan fingerprint density at radius 3 is 2.76 bits per heavy atom. The monoisotopic (exact) mass is 481 g/mol. The topological polar surface area (TPSA) is 126 Å². The number of hydrogen-bond donors (Lipinski definition) is 2. The van der Waals surface area contributed by atoms with E-state index in [1.54, 1.807) is 0 Å². The third kappa shape index (κ3) is 3.84. The van der Waals surface area contributed by atoms with Crippen molar-refractivity contribution in [3.05, 3.63) is 10.3 Å². The number of nitrogens with zero attached hydrogens (tertiary/aromatic N) is 5. The van der Waals surface area contributed by atoms with Gasteiger partial charge in [-0.2, -0.15) is 15.3 Å². The van der Waals surface area contributed by atoms with Crippen molar-refractivity contribution in [1.82, 2.24) is 24.9 Å². The van der Waals surface area contributed by atoms with Crippen LogP contribution in [0.5, 0.6) is 0 Å². The number of halogens is 1. The maximum atomic E-state index is 12.6. The molecule has 0 amide bonds. The fourth-order valence-corrected chi connectivity index (χ4v) is 5.25. The third-order valence-corrected chi connectivity index (χ3v) is 7.91. The van der Waals surface area contributed by atoms with Gasteiger partial charge >= 0.3 is 0 Å². The summed E-state index contributed by atoms with van der Waals surface area (Å²) in [4.78, 5) is 11.1. The molecule has 2 aromatic rings. The van der Waals surface area contributed by atoms with Crippen molar-refractivity contribution in [3.8, 4) is 6.07 Å². The van der Waals surface area contributed by atoms with Gasteiger partial charge in [0.1, 0.15) is 15.4 Å². The van der Waals surface area contributed by atoms with Crippen LogP contribution in [0.1, 0.15) is 39.3 Å². The number of nitriles is 1. The molecule has 2 aliphatic rings. The summed E-state index contributed by atoms with van der Waals surface area (Å²) in [6, 6.07) is 2.20. The highest BCUT2D eigenvalue weighted by Crippen LogP contribution is 2.41. The van der Waals surface area contributed by atoms with E-state index in [4.69, 9.17) is 4.74 Å². The molecule has 1 spiro atoms. The van der Waals surface area contributed by atoms with Crippen molar-refractivity contribution in [2.45, 2.75) is 44.4 Å². The van der Waals surface area contributed by atoms with E-state index in [-0.39, 0.29) is 16.2 Å². The molecular weight excluding hydrogens is 458 g/mol. The highest BCUT2D eigenvalue weighted by Gasteiger charge is 2.49. The zero-order valence-corrected chi connectivity index (χ0v) is 19.1. The maximum absolute atomic E-state index is 12.6. The van der Waals surface area contributed by atoms with Crippen molar-refractivity contribution < 1.29 is 9.29 Å². The summed E-state index contributed by atoms with van der Waals surface area (Å²) in [6.07, 6.45) is 1.75. The second-order valence-electron chi connectivity index (χ2n) is 8.64. The first kappa shape index (κ1) is 20.8. The number of aromatic nitrogens is 4. The molecule has 1 unspecified atom stereocenters. The Hall–Kier alpha value is -1.45. The molecule has 0 aromatic carbocycles. The van der Waals surface area contributed by atoms with E-state index in [0.717, 1.165) is 25.9 Å². The van der Waals surface area contributed by atoms with E-state index in [9.17, 15) is 9.81 Å². The minimum absolute atomic E-state index is 0.0467. The number of rotatable bonds is 3. The van der Waals surface area contributed by atoms with Crippen LogP contribution in [0.15, 0.2) is 4.60 Å². The van der Waals surface area contributed by atoms with Gasteiger partial charge in [-0.25, -0.2) is 4.98 Å². The van der Waals surface area contributed by atoms with Gasteiger partial charge in [0.15, 0.2) is 11.3 Å². The number of nitrogens with one attached hydrogen (secondary N) is 2. The molecule has 2 fully saturated rings. The number of H-pyrrole nitrogens is 1. The van der Waals surface area contributed by atoms with E-state index >= 15 is 0 Å². The average molecular weight is 482 g/mol. The molecule has 9 nitrogen and oxygen atoms in total. The SMILES string of the molecule is CC(C)(C)[S+]([O-])N[C@@H]1COCC12CCN(c1nc(C#N)c3c(Br)[nH]nc3n1)CC2. The Bertz CT molecular complexity index is 946. The molecule has 0 saturated carbocycles. The smallest absolute Gasteiger partial charge is 0.228 e. The van der Waals surface area contributed by atoms with Gasteiger partial charge in [0, 0.05) is 29.9 Å². The molecule has 0 bridgehead atoms. The van der Waals surface area contributed by atoms with Crippen LogP contribution in [-0.2, 0) is 16.1 Å². The number of ether oxygens (including phenoxy) is 1. The minimum Gasteiger partial charge on any atom is -0.598 e. The van der Waals surface area contributed by atoms with Crippen LogP contribution >= 0.6 is 15.9 Å². The van der Waals surface area contributed by atoms with Gasteiger partial charge in [-0.1, -0.05) is 0 Å². The Kier molecular flexibility index (Phi) is 5.50. The molecule has 4 heterocycles. The average Bonchev–Trinajstić information content (AvgIpc) is 3.25. The summed E-state index contributed by atoms with van der Waals surface area (Å²) in [6.45, 7) is 8.62. The lowest BCUT2D eigenvalue weighted by molar-refractivity contribution is 0.130. The standard InChI is InChI=1S/C18H24BrN7O2S/c1-17(2,3)29(27)25-12-9-28-10-18(12)4-6-26(7-5-18)16-21-11(8-20)13-14(19)23-24-15(13)22-16/h12,25H,4-7,9-10H2,1-3H3,(H,21,22,23,24)/t12-,29?/m1/s1. The predicted molar refractivity (Wildman–Crippen MR) is 114 cm³/mol. The Balaban J connectivity index is 1.51. The number of fused-ring (bicyclic) bond motifs is 1. The molecule has 29 heavy (non-hydrogen) atoms. The van der Waals surface area contributed by atoms with Crippen LogP contribution in [0.25, 0.3) is 11.0 Å². The first-order valence-electron chi connectivity index (χ1n) is 9.56. The normalized spacial score (nSPS) is 22.9. The molecule has 2 saturated heterocycles. The van der Waals surface area contributed by atoms with Gasteiger partial charge in [-0.3, -0.25) is 5.10 Å². The van der Waals surface area contributed by atoms with E-state index in [0.29, 0.717) is 40.5 Å². The highest BCUT2D eigenvalue weighted by atomic mass is 79.9. The molecule has 11 heteroatoms. The summed E-state index contributed by atoms with van der Waals surface area (Å²) >= 11 is 2.21. The van der Waals surface area contributed by atoms with E-state index in [2.05, 4.69) is 51.8 Å². The van der Waals surface area contributed by atoms with Crippen molar-refractivity contribution in [2.24, 2.45) is 5.41 Å². The second-order valence-corrected chi connectivity index (χ2v) is 11.4. The molecular formula is C18H24BrN7O2S. The number of piperidine rings is 1. The van der Waals surface area contributed by atoms with Gasteiger partial charge in [-0.15, -0.1) is 4.72 Å². The maximum Gasteiger partial charge on any atom is 0.228 e. The Morgan fingerprint density at radius 1 is 1.38 bits per heavy atom. The van der Waals surface area contributed by atoms with Crippen LogP contribution in [0.2, 0.25) is 0 Å². The molecule has 156 valence electrons. The lowest BCUT2D eigenvalue weighted by Gasteiger charge is -2.42. The van der Waals surface area contributed by atoms with Crippen molar-refractivity contribution in [2.75, 3.05) is 31.2 Å². The fourth-order valence-electron chi connectivity index (χ4n) is 3.87. The predicted octanol–water partition coefficient (Wildman–Crippen LogP) is 2.02. The number of hydrogen-bond acceptors (Lipinski definition) is 8. The fraction of sp³-hybridized carbons (Fsp3) is 0.667. The molecule has 2 aromatic heterocycles. The van der Waals surface area contributed by atoms with Crippen molar-refractivity contribution in [3.63, 3.8) is 0 Å². The second kappa shape index (κ2) is 7.67. The Morgan fingerprint density at radius 2 is 2.10 bits per heavy atom. The highest BCUT2D eigenvalue weighted by molar-refractivity contribution is 9.10. The minimum atomic E-state index is -1.14. The van der Waals surface area contributed by atoms with Gasteiger partial charge in [0.25, 0.3) is 0 Å². The van der Waals surface area contributed by atoms with Gasteiger partial charge in [-0.05, 0) is 49.5 Å². The van der Waals surface area contributed by atoms with Gasteiger partial charge < -0.3 is 14.2 Å². The molecule has 4 rings (SSSR count). The first-order valence-corrected chi connectivity index (χ1v) is 11.5. The summed E-state index contributed by atoms with van der Waals surface area (Å²) in [5, 5.41) is 17.0. The molecule has 2 N–H and O–H groups in total. The van der Waals surface area contributed by atoms with E-state index in [1.807, 2.05) is 20.8 Å². The molecule has 2 aliphatic heterocycles. The van der Waals surface area contributed by atoms with Gasteiger partial charge in [0.2, 0.25) is 5.95 Å². The lowest BCUT2D eigenvalue weighted by Crippen LogP contribution is -2.55. The molecule has 0 radical (unpaired) electrons. The summed E-state index contributed by atoms with van der Waals surface area (Å²) in [5.41, 5.74) is 0.729. The first-order chi connectivity index (χ1) is 13.7. The van der Waals surface area contributed by atoms with Crippen LogP contribution in [0.3, 0.4) is 0 Å². The number of anilines is 1. The summed E-state index contributed by atoms with van der Waals surface area (Å²) in [7, 11) is 0. The van der Waals surface area contributed by atoms with Gasteiger partial charge in [0.05, 0.1) is 24.6 Å². The largest absolute Gasteiger partial charge is 0.598 e. The quantitative estimate of drug-likeness (QED) is 0.637. The third-order valence-electron chi connectivity index (χ3n) is 5.72. The zero-order chi connectivity index (χ0) is 20.8. The molecule has 0 aliphatic carbocycles. The van der Waals surface area contributed by atoms with E-state index < -0.39 is 11.4 Å². The van der Waals surface area contributed by atoms with Crippen molar-refractivity contribution in [1.29, 1.82) is 5.26 Å². The van der Waals surface area contributed by atoms with Crippen LogP contribution in [0, 0.1) is 16.7 Å². The molecule has 2 atom stereocenters. The van der Waals surface area contributed by atoms with Crippen LogP contribution < -0.4 is 9.62 Å². The summed E-state index contributed by atoms with van der Waals surface area (Å²) in [5.74, 6) is 0.518. The number of aromatic amines is 1. The van der Waals surface area contributed by atoms with Crippen molar-refractivity contribution >= 4 is 44.3 Å². The Labute approximate surface area is 181 Å². The zero-order valence-electron chi connectivity index (χ0n) is 16.7. The lowest BCUT2D eigenvalue weighted by atomic mass is 9.75. The summed E-state index contributed by atoms with van der Waals surface area (Å²) < 4.78 is 22.0.